The first-order valence-electron chi connectivity index (χ1n) is 7.04. The van der Waals surface area contributed by atoms with Crippen LogP contribution in [-0.2, 0) is 0 Å². The molecule has 1 aliphatic heterocycles. The average Bonchev–Trinajstić information content (AvgIpc) is 2.55. The predicted molar refractivity (Wildman–Crippen MR) is 89.0 cm³/mol. The van der Waals surface area contributed by atoms with Gasteiger partial charge in [0.05, 0.1) is 17.2 Å². The van der Waals surface area contributed by atoms with E-state index in [0.717, 1.165) is 6.08 Å². The molecule has 1 heterocycles. The number of hydrogen-bond donors (Lipinski definition) is 0. The van der Waals surface area contributed by atoms with Crippen LogP contribution in [0.3, 0.4) is 0 Å². The number of rotatable bonds is 3. The Bertz CT molecular complexity index is 835. The summed E-state index contributed by atoms with van der Waals surface area (Å²) in [5, 5.41) is 0.478. The fourth-order valence-electron chi connectivity index (χ4n) is 2.21. The highest BCUT2D eigenvalue weighted by molar-refractivity contribution is 6.33. The van der Waals surface area contributed by atoms with Gasteiger partial charge in [0.15, 0.2) is 0 Å². The van der Waals surface area contributed by atoms with Gasteiger partial charge in [0.1, 0.15) is 23.0 Å². The number of ether oxygens (including phenoxy) is 3. The van der Waals surface area contributed by atoms with Crippen molar-refractivity contribution in [3.8, 4) is 23.0 Å². The molecule has 0 bridgehead atoms. The van der Waals surface area contributed by atoms with Crippen molar-refractivity contribution in [3.05, 3.63) is 52.0 Å². The Kier molecular flexibility index (Phi) is 4.75. The van der Waals surface area contributed by atoms with Crippen LogP contribution in [0.5, 0.6) is 23.0 Å². The van der Waals surface area contributed by atoms with Crippen LogP contribution in [0.15, 0.2) is 36.4 Å². The second-order valence-electron chi connectivity index (χ2n) is 5.16. The number of benzene rings is 2. The van der Waals surface area contributed by atoms with E-state index in [9.17, 15) is 13.2 Å². The number of hydrogen-bond acceptors (Lipinski definition) is 3. The Morgan fingerprint density at radius 2 is 1.76 bits per heavy atom. The highest BCUT2D eigenvalue weighted by atomic mass is 35.5. The van der Waals surface area contributed by atoms with E-state index in [1.807, 2.05) is 0 Å². The van der Waals surface area contributed by atoms with Crippen molar-refractivity contribution in [2.24, 2.45) is 0 Å². The summed E-state index contributed by atoms with van der Waals surface area (Å²) in [5.41, 5.74) is 0.429. The van der Waals surface area contributed by atoms with Crippen LogP contribution in [0.4, 0.5) is 13.2 Å². The van der Waals surface area contributed by atoms with E-state index >= 15 is 0 Å². The molecule has 0 saturated carbocycles. The molecule has 132 valence electrons. The van der Waals surface area contributed by atoms with E-state index in [1.54, 1.807) is 18.2 Å². The third-order valence-electron chi connectivity index (χ3n) is 3.45. The monoisotopic (exact) mass is 390 g/mol. The van der Waals surface area contributed by atoms with Crippen molar-refractivity contribution in [3.63, 3.8) is 0 Å². The quantitative estimate of drug-likeness (QED) is 0.630. The van der Waals surface area contributed by atoms with Gasteiger partial charge < -0.3 is 14.2 Å². The second-order valence-corrected chi connectivity index (χ2v) is 5.97. The molecule has 2 aromatic rings. The molecule has 8 heteroatoms. The van der Waals surface area contributed by atoms with E-state index < -0.39 is 12.3 Å². The Labute approximate surface area is 151 Å². The zero-order valence-electron chi connectivity index (χ0n) is 12.7. The fraction of sp³-hybridized carbons (Fsp3) is 0.176. The maximum absolute atomic E-state index is 12.8. The van der Waals surface area contributed by atoms with Gasteiger partial charge in [-0.15, -0.1) is 0 Å². The van der Waals surface area contributed by atoms with Gasteiger partial charge in [-0.3, -0.25) is 0 Å². The van der Waals surface area contributed by atoms with Gasteiger partial charge >= 0.3 is 6.18 Å². The van der Waals surface area contributed by atoms with E-state index in [0.29, 0.717) is 11.3 Å². The number of methoxy groups -OCH3 is 1. The normalized spacial score (nSPS) is 16.2. The van der Waals surface area contributed by atoms with Crippen LogP contribution in [-0.4, -0.2) is 19.4 Å². The first-order chi connectivity index (χ1) is 11.8. The zero-order chi connectivity index (χ0) is 18.2. The molecule has 0 fully saturated rings. The molecule has 1 atom stereocenters. The molecule has 0 N–H and O–H groups in total. The molecule has 0 aliphatic carbocycles. The molecule has 0 spiro atoms. The summed E-state index contributed by atoms with van der Waals surface area (Å²) in [7, 11) is 1.49. The Balaban J connectivity index is 1.91. The zero-order valence-corrected chi connectivity index (χ0v) is 14.2. The summed E-state index contributed by atoms with van der Waals surface area (Å²) in [5.74, 6) is 0.969. The van der Waals surface area contributed by atoms with Crippen LogP contribution in [0.2, 0.25) is 10.0 Å². The molecule has 3 rings (SSSR count). The standard InChI is InChI=1S/C17H11Cl2F3O3/c1-23-10-3-4-13(12(19)7-10)24-15-8-14-9(6-11(15)18)2-5-16(25-14)17(20,21)22/h2-8,16H,1H3/t16-/m0/s1. The van der Waals surface area contributed by atoms with Crippen molar-refractivity contribution < 1.29 is 27.4 Å². The molecule has 0 amide bonds. The second kappa shape index (κ2) is 6.69. The maximum atomic E-state index is 12.8. The van der Waals surface area contributed by atoms with Crippen molar-refractivity contribution in [2.75, 3.05) is 7.11 Å². The van der Waals surface area contributed by atoms with Crippen molar-refractivity contribution in [1.29, 1.82) is 0 Å². The summed E-state index contributed by atoms with van der Waals surface area (Å²) in [6.45, 7) is 0. The fourth-order valence-corrected chi connectivity index (χ4v) is 2.63. The first-order valence-corrected chi connectivity index (χ1v) is 7.80. The average molecular weight is 391 g/mol. The third-order valence-corrected chi connectivity index (χ3v) is 4.04. The molecule has 0 unspecified atom stereocenters. The Morgan fingerprint density at radius 3 is 2.40 bits per heavy atom. The highest BCUT2D eigenvalue weighted by Gasteiger charge is 2.41. The molecule has 0 radical (unpaired) electrons. The minimum Gasteiger partial charge on any atom is -0.497 e. The van der Waals surface area contributed by atoms with E-state index in [2.05, 4.69) is 0 Å². The van der Waals surface area contributed by atoms with Crippen LogP contribution in [0.1, 0.15) is 5.56 Å². The summed E-state index contributed by atoms with van der Waals surface area (Å²) >= 11 is 12.2. The van der Waals surface area contributed by atoms with E-state index in [4.69, 9.17) is 37.4 Å². The van der Waals surface area contributed by atoms with Crippen LogP contribution < -0.4 is 14.2 Å². The summed E-state index contributed by atoms with van der Waals surface area (Å²) in [6.07, 6.45) is -4.28. The topological polar surface area (TPSA) is 27.7 Å². The predicted octanol–water partition coefficient (Wildman–Crippen LogP) is 6.13. The summed E-state index contributed by atoms with van der Waals surface area (Å²) < 4.78 is 54.1. The van der Waals surface area contributed by atoms with Crippen molar-refractivity contribution in [2.45, 2.75) is 12.3 Å². The highest BCUT2D eigenvalue weighted by Crippen LogP contribution is 2.41. The van der Waals surface area contributed by atoms with E-state index in [1.165, 1.54) is 25.3 Å². The van der Waals surface area contributed by atoms with Gasteiger partial charge in [-0.1, -0.05) is 29.3 Å². The summed E-state index contributed by atoms with van der Waals surface area (Å²) in [6, 6.07) is 7.51. The smallest absolute Gasteiger partial charge is 0.429 e. The summed E-state index contributed by atoms with van der Waals surface area (Å²) in [4.78, 5) is 0. The van der Waals surface area contributed by atoms with Crippen LogP contribution in [0.25, 0.3) is 6.08 Å². The van der Waals surface area contributed by atoms with Gasteiger partial charge in [0.2, 0.25) is 6.10 Å². The number of fused-ring (bicyclic) bond motifs is 1. The minimum absolute atomic E-state index is 0.0221. The molecule has 0 saturated heterocycles. The molecule has 25 heavy (non-hydrogen) atoms. The molecular formula is C17H11Cl2F3O3. The molecule has 1 aliphatic rings. The molecule has 2 aromatic carbocycles. The maximum Gasteiger partial charge on any atom is 0.429 e. The molecule has 0 aromatic heterocycles. The lowest BCUT2D eigenvalue weighted by atomic mass is 10.1. The number of halogens is 5. The first kappa shape index (κ1) is 17.8. The third kappa shape index (κ3) is 3.80. The van der Waals surface area contributed by atoms with Gasteiger partial charge in [-0.25, -0.2) is 0 Å². The van der Waals surface area contributed by atoms with Gasteiger partial charge in [0, 0.05) is 17.7 Å². The number of alkyl halides is 3. The lowest BCUT2D eigenvalue weighted by Crippen LogP contribution is -2.33. The van der Waals surface area contributed by atoms with Gasteiger partial charge in [0.25, 0.3) is 0 Å². The van der Waals surface area contributed by atoms with Crippen LogP contribution in [0, 0.1) is 0 Å². The Morgan fingerprint density at radius 1 is 1.04 bits per heavy atom. The van der Waals surface area contributed by atoms with Gasteiger partial charge in [-0.05, 0) is 24.3 Å². The Hall–Kier alpha value is -2.05. The van der Waals surface area contributed by atoms with E-state index in [-0.39, 0.29) is 27.3 Å². The lowest BCUT2D eigenvalue weighted by molar-refractivity contribution is -0.180. The lowest BCUT2D eigenvalue weighted by Gasteiger charge is -2.24. The van der Waals surface area contributed by atoms with Gasteiger partial charge in [-0.2, -0.15) is 13.2 Å². The largest absolute Gasteiger partial charge is 0.497 e. The van der Waals surface area contributed by atoms with Crippen molar-refractivity contribution >= 4 is 29.3 Å². The minimum atomic E-state index is -4.51. The molecular weight excluding hydrogens is 380 g/mol. The van der Waals surface area contributed by atoms with Crippen LogP contribution >= 0.6 is 23.2 Å². The molecule has 3 nitrogen and oxygen atoms in total. The van der Waals surface area contributed by atoms with Crippen molar-refractivity contribution in [1.82, 2.24) is 0 Å². The SMILES string of the molecule is COc1ccc(Oc2cc3c(cc2Cl)C=C[C@@H](C(F)(F)F)O3)c(Cl)c1.